The molecule has 6 heteroatoms. The molecule has 5 nitrogen and oxygen atoms in total. The number of amides is 1. The lowest BCUT2D eigenvalue weighted by Gasteiger charge is -2.14. The summed E-state index contributed by atoms with van der Waals surface area (Å²) in [5, 5.41) is 2.79. The van der Waals surface area contributed by atoms with Crippen LogP contribution in [0.25, 0.3) is 0 Å². The number of nitrogens with two attached hydrogens (primary N) is 1. The molecule has 0 spiro atoms. The van der Waals surface area contributed by atoms with Gasteiger partial charge in [0.2, 0.25) is 5.91 Å². The minimum atomic E-state index is -0.500. The van der Waals surface area contributed by atoms with E-state index in [-0.39, 0.29) is 5.91 Å². The summed E-state index contributed by atoms with van der Waals surface area (Å²) in [5.41, 5.74) is 6.47. The average molecular weight is 298 g/mol. The second-order valence-electron chi connectivity index (χ2n) is 4.18. The Balaban J connectivity index is 2.72. The van der Waals surface area contributed by atoms with Crippen molar-refractivity contribution < 1.29 is 14.3 Å². The topological polar surface area (TPSA) is 73.6 Å². The summed E-state index contributed by atoms with van der Waals surface area (Å²) in [7, 11) is 1.58. The zero-order chi connectivity index (χ0) is 15.0. The first-order valence-electron chi connectivity index (χ1n) is 6.48. The number of ether oxygens (including phenoxy) is 2. The van der Waals surface area contributed by atoms with Crippen LogP contribution in [0.1, 0.15) is 13.3 Å². The number of hydrogen-bond acceptors (Lipinski definition) is 5. The molecule has 0 radical (unpaired) electrons. The van der Waals surface area contributed by atoms with Crippen LogP contribution in [-0.2, 0) is 4.79 Å². The van der Waals surface area contributed by atoms with Crippen molar-refractivity contribution in [2.24, 2.45) is 5.73 Å². The van der Waals surface area contributed by atoms with E-state index in [1.165, 1.54) is 0 Å². The minimum Gasteiger partial charge on any atom is -0.493 e. The largest absolute Gasteiger partial charge is 0.493 e. The summed E-state index contributed by atoms with van der Waals surface area (Å²) in [4.78, 5) is 11.9. The first kappa shape index (κ1) is 16.7. The highest BCUT2D eigenvalue weighted by Gasteiger charge is 2.14. The van der Waals surface area contributed by atoms with Crippen LogP contribution in [0.15, 0.2) is 18.2 Å². The second kappa shape index (κ2) is 8.71. The Morgan fingerprint density at radius 3 is 2.80 bits per heavy atom. The maximum absolute atomic E-state index is 11.9. The van der Waals surface area contributed by atoms with Crippen molar-refractivity contribution >= 4 is 23.4 Å². The van der Waals surface area contributed by atoms with Crippen molar-refractivity contribution in [1.82, 2.24) is 0 Å². The van der Waals surface area contributed by atoms with Crippen LogP contribution >= 0.6 is 11.8 Å². The monoisotopic (exact) mass is 298 g/mol. The SMILES string of the molecule is CCOc1cc(NC(=O)[C@H](N)CCSC)ccc1OC. The van der Waals surface area contributed by atoms with Gasteiger partial charge in [-0.3, -0.25) is 4.79 Å². The van der Waals surface area contributed by atoms with Gasteiger partial charge >= 0.3 is 0 Å². The molecule has 0 bridgehead atoms. The van der Waals surface area contributed by atoms with Crippen molar-refractivity contribution in [3.63, 3.8) is 0 Å². The van der Waals surface area contributed by atoms with Crippen LogP contribution in [0.5, 0.6) is 11.5 Å². The number of hydrogen-bond donors (Lipinski definition) is 2. The van der Waals surface area contributed by atoms with Gasteiger partial charge in [-0.25, -0.2) is 0 Å². The van der Waals surface area contributed by atoms with Crippen molar-refractivity contribution in [1.29, 1.82) is 0 Å². The van der Waals surface area contributed by atoms with Crippen molar-refractivity contribution in [3.8, 4) is 11.5 Å². The van der Waals surface area contributed by atoms with E-state index >= 15 is 0 Å². The number of benzene rings is 1. The summed E-state index contributed by atoms with van der Waals surface area (Å²) >= 11 is 1.67. The predicted octanol–water partition coefficient (Wildman–Crippen LogP) is 2.11. The molecule has 0 fully saturated rings. The van der Waals surface area contributed by atoms with Gasteiger partial charge in [-0.05, 0) is 37.5 Å². The molecule has 1 amide bonds. The van der Waals surface area contributed by atoms with E-state index in [0.29, 0.717) is 30.2 Å². The Morgan fingerprint density at radius 2 is 2.20 bits per heavy atom. The van der Waals surface area contributed by atoms with Gasteiger partial charge < -0.3 is 20.5 Å². The molecule has 1 rings (SSSR count). The summed E-state index contributed by atoms with van der Waals surface area (Å²) in [6, 6.07) is 4.76. The Hall–Kier alpha value is -1.40. The highest BCUT2D eigenvalue weighted by molar-refractivity contribution is 7.98. The number of thioether (sulfide) groups is 1. The summed E-state index contributed by atoms with van der Waals surface area (Å²) in [5.74, 6) is 1.91. The smallest absolute Gasteiger partial charge is 0.241 e. The van der Waals surface area contributed by atoms with E-state index in [9.17, 15) is 4.79 Å². The van der Waals surface area contributed by atoms with E-state index in [4.69, 9.17) is 15.2 Å². The van der Waals surface area contributed by atoms with Crippen molar-refractivity contribution in [2.45, 2.75) is 19.4 Å². The lowest BCUT2D eigenvalue weighted by molar-refractivity contribution is -0.117. The molecule has 0 aromatic heterocycles. The number of nitrogens with one attached hydrogen (secondary N) is 1. The maximum atomic E-state index is 11.9. The molecule has 0 aliphatic heterocycles. The average Bonchev–Trinajstić information content (AvgIpc) is 2.45. The van der Waals surface area contributed by atoms with Crippen LogP contribution in [0.2, 0.25) is 0 Å². The lowest BCUT2D eigenvalue weighted by Crippen LogP contribution is -2.36. The molecule has 1 aromatic rings. The van der Waals surface area contributed by atoms with Gasteiger partial charge in [0.15, 0.2) is 11.5 Å². The van der Waals surface area contributed by atoms with E-state index in [0.717, 1.165) is 5.75 Å². The summed E-state index contributed by atoms with van der Waals surface area (Å²) < 4.78 is 10.7. The Kier molecular flexibility index (Phi) is 7.25. The Morgan fingerprint density at radius 1 is 1.45 bits per heavy atom. The fourth-order valence-electron chi connectivity index (χ4n) is 1.63. The van der Waals surface area contributed by atoms with Crippen molar-refractivity contribution in [2.75, 3.05) is 31.0 Å². The maximum Gasteiger partial charge on any atom is 0.241 e. The zero-order valence-corrected chi connectivity index (χ0v) is 13.0. The Labute approximate surface area is 124 Å². The number of carbonyl (C=O) groups is 1. The minimum absolute atomic E-state index is 0.188. The number of carbonyl (C=O) groups excluding carboxylic acids is 1. The van der Waals surface area contributed by atoms with Gasteiger partial charge in [-0.2, -0.15) is 11.8 Å². The van der Waals surface area contributed by atoms with Gasteiger partial charge in [0.1, 0.15) is 0 Å². The molecular formula is C14H22N2O3S. The van der Waals surface area contributed by atoms with Gasteiger partial charge in [-0.1, -0.05) is 0 Å². The van der Waals surface area contributed by atoms with Gasteiger partial charge in [0.05, 0.1) is 19.8 Å². The molecule has 0 aliphatic rings. The molecule has 112 valence electrons. The highest BCUT2D eigenvalue weighted by atomic mass is 32.2. The molecule has 3 N–H and O–H groups in total. The van der Waals surface area contributed by atoms with E-state index in [1.54, 1.807) is 37.1 Å². The van der Waals surface area contributed by atoms with Crippen LogP contribution in [0.4, 0.5) is 5.69 Å². The van der Waals surface area contributed by atoms with Gasteiger partial charge in [-0.15, -0.1) is 0 Å². The first-order chi connectivity index (χ1) is 9.62. The number of methoxy groups -OCH3 is 1. The summed E-state index contributed by atoms with van der Waals surface area (Å²) in [6.45, 7) is 2.42. The molecule has 0 heterocycles. The molecule has 0 aliphatic carbocycles. The fourth-order valence-corrected chi connectivity index (χ4v) is 2.12. The molecule has 1 aromatic carbocycles. The third-order valence-corrected chi connectivity index (χ3v) is 3.34. The van der Waals surface area contributed by atoms with E-state index < -0.39 is 6.04 Å². The van der Waals surface area contributed by atoms with Crippen LogP contribution in [0.3, 0.4) is 0 Å². The van der Waals surface area contributed by atoms with Gasteiger partial charge in [0.25, 0.3) is 0 Å². The molecule has 20 heavy (non-hydrogen) atoms. The zero-order valence-electron chi connectivity index (χ0n) is 12.1. The van der Waals surface area contributed by atoms with E-state index in [1.807, 2.05) is 13.2 Å². The van der Waals surface area contributed by atoms with Crippen LogP contribution < -0.4 is 20.5 Å². The fraction of sp³-hybridized carbons (Fsp3) is 0.500. The highest BCUT2D eigenvalue weighted by Crippen LogP contribution is 2.30. The third kappa shape index (κ3) is 4.94. The molecular weight excluding hydrogens is 276 g/mol. The van der Waals surface area contributed by atoms with E-state index in [2.05, 4.69) is 5.32 Å². The quantitative estimate of drug-likeness (QED) is 0.769. The molecule has 0 saturated heterocycles. The normalized spacial score (nSPS) is 11.8. The number of anilines is 1. The molecule has 1 atom stereocenters. The number of rotatable bonds is 8. The standard InChI is InChI=1S/C14H22N2O3S/c1-4-19-13-9-10(5-6-12(13)18-2)16-14(17)11(15)7-8-20-3/h5-6,9,11H,4,7-8,15H2,1-3H3,(H,16,17)/t11-/m1/s1. The van der Waals surface area contributed by atoms with Crippen LogP contribution in [0, 0.1) is 0 Å². The Bertz CT molecular complexity index is 440. The lowest BCUT2D eigenvalue weighted by atomic mass is 10.2. The van der Waals surface area contributed by atoms with Gasteiger partial charge in [0, 0.05) is 11.8 Å². The van der Waals surface area contributed by atoms with Crippen molar-refractivity contribution in [3.05, 3.63) is 18.2 Å². The molecule has 0 unspecified atom stereocenters. The third-order valence-electron chi connectivity index (χ3n) is 2.70. The summed E-state index contributed by atoms with van der Waals surface area (Å²) in [6.07, 6.45) is 2.64. The predicted molar refractivity (Wildman–Crippen MR) is 83.8 cm³/mol. The first-order valence-corrected chi connectivity index (χ1v) is 7.88. The second-order valence-corrected chi connectivity index (χ2v) is 5.16. The van der Waals surface area contributed by atoms with Crippen LogP contribution in [-0.4, -0.2) is 37.7 Å². The molecule has 0 saturated carbocycles.